The molecule has 0 spiro atoms. The predicted octanol–water partition coefficient (Wildman–Crippen LogP) is 0.561. The minimum Gasteiger partial charge on any atom is -0.299 e. The Kier molecular flexibility index (Phi) is 4.52. The highest BCUT2D eigenvalue weighted by atomic mass is 16.1. The Hall–Kier alpha value is -1.54. The molecule has 0 amide bonds. The summed E-state index contributed by atoms with van der Waals surface area (Å²) in [5, 5.41) is 0. The Labute approximate surface area is 66.0 Å². The van der Waals surface area contributed by atoms with Crippen molar-refractivity contribution in [1.29, 1.82) is 0 Å². The van der Waals surface area contributed by atoms with Crippen LogP contribution in [0.15, 0.2) is 0 Å². The number of Topliss-reactive ketones (excluding diaryl/α,β-unsaturated/α-hetero) is 2. The quantitative estimate of drug-likeness (QED) is 0.431. The van der Waals surface area contributed by atoms with Crippen molar-refractivity contribution in [2.24, 2.45) is 0 Å². The van der Waals surface area contributed by atoms with Gasteiger partial charge in [0.15, 0.2) is 0 Å². The van der Waals surface area contributed by atoms with Crippen molar-refractivity contribution in [3.8, 4) is 24.7 Å². The average Bonchev–Trinajstić information content (AvgIpc) is 2.01. The highest BCUT2D eigenvalue weighted by molar-refractivity contribution is 5.97. The van der Waals surface area contributed by atoms with Gasteiger partial charge in [0.1, 0.15) is 5.78 Å². The van der Waals surface area contributed by atoms with Gasteiger partial charge in [-0.1, -0.05) is 5.92 Å². The van der Waals surface area contributed by atoms with Crippen LogP contribution >= 0.6 is 0 Å². The van der Waals surface area contributed by atoms with Crippen LogP contribution in [0.4, 0.5) is 0 Å². The van der Waals surface area contributed by atoms with Gasteiger partial charge in [-0.2, -0.15) is 0 Å². The summed E-state index contributed by atoms with van der Waals surface area (Å²) >= 11 is 0. The fraction of sp³-hybridized carbons (Fsp3) is 0.333. The van der Waals surface area contributed by atoms with Gasteiger partial charge in [0.25, 0.3) is 0 Å². The van der Waals surface area contributed by atoms with E-state index in [-0.39, 0.29) is 30.8 Å². The number of hydrogen-bond donors (Lipinski definition) is 0. The number of carbonyl (C=O) groups excluding carboxylic acids is 2. The molecule has 0 aromatic carbocycles. The molecular formula is C9H8O2. The molecule has 0 saturated heterocycles. The van der Waals surface area contributed by atoms with E-state index in [1.807, 2.05) is 5.92 Å². The van der Waals surface area contributed by atoms with Crippen molar-refractivity contribution in [2.45, 2.75) is 19.3 Å². The van der Waals surface area contributed by atoms with Crippen molar-refractivity contribution < 1.29 is 9.59 Å². The van der Waals surface area contributed by atoms with Crippen LogP contribution in [0.5, 0.6) is 0 Å². The molecule has 0 radical (unpaired) electrons. The first-order valence-corrected chi connectivity index (χ1v) is 3.15. The Morgan fingerprint density at radius 3 is 2.27 bits per heavy atom. The van der Waals surface area contributed by atoms with Crippen LogP contribution in [0, 0.1) is 24.7 Å². The van der Waals surface area contributed by atoms with Gasteiger partial charge in [0, 0.05) is 12.8 Å². The van der Waals surface area contributed by atoms with Gasteiger partial charge in [0.05, 0.1) is 6.42 Å². The number of carbonyl (C=O) groups is 2. The van der Waals surface area contributed by atoms with E-state index < -0.39 is 0 Å². The highest BCUT2D eigenvalue weighted by Gasteiger charge is 2.02. The molecule has 2 nitrogen and oxygen atoms in total. The fourth-order valence-electron chi connectivity index (χ4n) is 0.527. The lowest BCUT2D eigenvalue weighted by atomic mass is 10.1. The Morgan fingerprint density at radius 1 is 1.18 bits per heavy atom. The third kappa shape index (κ3) is 4.93. The fourth-order valence-corrected chi connectivity index (χ4v) is 0.527. The van der Waals surface area contributed by atoms with Crippen LogP contribution in [0.3, 0.4) is 0 Å². The van der Waals surface area contributed by atoms with Gasteiger partial charge >= 0.3 is 0 Å². The summed E-state index contributed by atoms with van der Waals surface area (Å²) in [4.78, 5) is 21.2. The van der Waals surface area contributed by atoms with E-state index in [1.165, 1.54) is 0 Å². The van der Waals surface area contributed by atoms with E-state index in [0.29, 0.717) is 0 Å². The number of ketones is 2. The molecule has 0 fully saturated rings. The molecule has 0 aliphatic rings. The summed E-state index contributed by atoms with van der Waals surface area (Å²) < 4.78 is 0. The molecule has 0 atom stereocenters. The molecule has 0 aromatic rings. The second kappa shape index (κ2) is 5.26. The minimum absolute atomic E-state index is 0.0812. The van der Waals surface area contributed by atoms with Gasteiger partial charge < -0.3 is 0 Å². The number of rotatable bonds is 4. The second-order valence-electron chi connectivity index (χ2n) is 1.99. The van der Waals surface area contributed by atoms with E-state index in [2.05, 4.69) is 5.92 Å². The van der Waals surface area contributed by atoms with Crippen molar-refractivity contribution in [1.82, 2.24) is 0 Å². The molecule has 0 rings (SSSR count). The molecule has 0 heterocycles. The molecule has 0 bridgehead atoms. The maximum Gasteiger partial charge on any atom is 0.205 e. The van der Waals surface area contributed by atoms with Gasteiger partial charge in [-0.3, -0.25) is 9.59 Å². The minimum atomic E-state index is -0.352. The number of terminal acetylenes is 2. The summed E-state index contributed by atoms with van der Waals surface area (Å²) in [6, 6.07) is 0. The standard InChI is InChI=1S/C9H8O2/c1-3-5-9(11)7-6-8(10)4-2/h1-2H,5-7H2. The topological polar surface area (TPSA) is 34.1 Å². The first kappa shape index (κ1) is 9.46. The lowest BCUT2D eigenvalue weighted by Gasteiger charge is -1.90. The molecule has 0 aromatic heterocycles. The van der Waals surface area contributed by atoms with Crippen molar-refractivity contribution >= 4 is 11.6 Å². The van der Waals surface area contributed by atoms with Gasteiger partial charge in [0.2, 0.25) is 5.78 Å². The zero-order chi connectivity index (χ0) is 8.69. The van der Waals surface area contributed by atoms with Crippen molar-refractivity contribution in [3.63, 3.8) is 0 Å². The van der Waals surface area contributed by atoms with Gasteiger partial charge in [-0.15, -0.1) is 12.8 Å². The van der Waals surface area contributed by atoms with Crippen LogP contribution in [-0.4, -0.2) is 11.6 Å². The monoisotopic (exact) mass is 148 g/mol. The lowest BCUT2D eigenvalue weighted by Crippen LogP contribution is -2.00. The summed E-state index contributed by atoms with van der Waals surface area (Å²) in [7, 11) is 0. The molecule has 56 valence electrons. The smallest absolute Gasteiger partial charge is 0.205 e. The van der Waals surface area contributed by atoms with Crippen molar-refractivity contribution in [3.05, 3.63) is 0 Å². The molecule has 0 unspecified atom stereocenters. The summed E-state index contributed by atoms with van der Waals surface area (Å²) in [6.45, 7) is 0. The molecule has 0 saturated carbocycles. The second-order valence-corrected chi connectivity index (χ2v) is 1.99. The zero-order valence-corrected chi connectivity index (χ0v) is 6.09. The van der Waals surface area contributed by atoms with Crippen LogP contribution in [0.2, 0.25) is 0 Å². The largest absolute Gasteiger partial charge is 0.299 e. The first-order valence-electron chi connectivity index (χ1n) is 3.15. The molecule has 11 heavy (non-hydrogen) atoms. The summed E-state index contributed by atoms with van der Waals surface area (Å²) in [6.07, 6.45) is 10.0. The Balaban J connectivity index is 3.58. The van der Waals surface area contributed by atoms with E-state index in [9.17, 15) is 9.59 Å². The third-order valence-electron chi connectivity index (χ3n) is 1.09. The van der Waals surface area contributed by atoms with E-state index in [0.717, 1.165) is 0 Å². The molecule has 0 N–H and O–H groups in total. The van der Waals surface area contributed by atoms with Gasteiger partial charge in [-0.05, 0) is 5.92 Å². The zero-order valence-electron chi connectivity index (χ0n) is 6.09. The SMILES string of the molecule is C#CCC(=O)CCC(=O)C#C. The highest BCUT2D eigenvalue weighted by Crippen LogP contribution is 1.94. The molecule has 0 aliphatic heterocycles. The van der Waals surface area contributed by atoms with Crippen LogP contribution in [-0.2, 0) is 9.59 Å². The average molecular weight is 148 g/mol. The predicted molar refractivity (Wildman–Crippen MR) is 41.5 cm³/mol. The summed E-state index contributed by atoms with van der Waals surface area (Å²) in [5.74, 6) is 3.65. The van der Waals surface area contributed by atoms with Crippen LogP contribution in [0.25, 0.3) is 0 Å². The first-order chi connectivity index (χ1) is 5.20. The van der Waals surface area contributed by atoms with Gasteiger partial charge in [-0.25, -0.2) is 0 Å². The Bertz CT molecular complexity index is 237. The van der Waals surface area contributed by atoms with E-state index >= 15 is 0 Å². The van der Waals surface area contributed by atoms with E-state index in [4.69, 9.17) is 12.8 Å². The maximum atomic E-state index is 10.7. The van der Waals surface area contributed by atoms with Crippen LogP contribution in [0.1, 0.15) is 19.3 Å². The molecule has 0 aliphatic carbocycles. The van der Waals surface area contributed by atoms with Crippen LogP contribution < -0.4 is 0 Å². The normalized spacial score (nSPS) is 7.82. The third-order valence-corrected chi connectivity index (χ3v) is 1.09. The summed E-state index contributed by atoms with van der Waals surface area (Å²) in [5.41, 5.74) is 0. The number of hydrogen-bond acceptors (Lipinski definition) is 2. The Morgan fingerprint density at radius 2 is 1.82 bits per heavy atom. The van der Waals surface area contributed by atoms with Crippen molar-refractivity contribution in [2.75, 3.05) is 0 Å². The molecular weight excluding hydrogens is 140 g/mol. The van der Waals surface area contributed by atoms with E-state index in [1.54, 1.807) is 0 Å². The lowest BCUT2D eigenvalue weighted by molar-refractivity contribution is -0.121. The molecule has 2 heteroatoms. The maximum absolute atomic E-state index is 10.7.